The van der Waals surface area contributed by atoms with E-state index >= 15 is 0 Å². The van der Waals surface area contributed by atoms with E-state index in [9.17, 15) is 13.2 Å². The van der Waals surface area contributed by atoms with E-state index in [0.717, 1.165) is 17.8 Å². The second-order valence-electron chi connectivity index (χ2n) is 4.71. The second-order valence-corrected chi connectivity index (χ2v) is 4.71. The van der Waals surface area contributed by atoms with Gasteiger partial charge in [0, 0.05) is 18.8 Å². The maximum absolute atomic E-state index is 12.5. The molecule has 2 rings (SSSR count). The molecule has 0 aliphatic carbocycles. The first-order chi connectivity index (χ1) is 8.36. The number of rotatable bonds is 1. The largest absolute Gasteiger partial charge is 0.416 e. The summed E-state index contributed by atoms with van der Waals surface area (Å²) in [5.41, 5.74) is 0.200. The third kappa shape index (κ3) is 2.96. The first-order valence-corrected chi connectivity index (χ1v) is 5.94. The molecule has 5 heteroatoms. The van der Waals surface area contributed by atoms with Gasteiger partial charge in [0.15, 0.2) is 0 Å². The highest BCUT2D eigenvalue weighted by molar-refractivity contribution is 5.48. The Hall–Kier alpha value is -1.23. The van der Waals surface area contributed by atoms with Crippen molar-refractivity contribution in [2.24, 2.45) is 0 Å². The second kappa shape index (κ2) is 4.80. The van der Waals surface area contributed by atoms with Crippen molar-refractivity contribution in [1.82, 2.24) is 0 Å². The minimum atomic E-state index is -4.27. The van der Waals surface area contributed by atoms with Gasteiger partial charge in [-0.1, -0.05) is 0 Å². The number of hydrogen-bond donors (Lipinski definition) is 0. The Bertz CT molecular complexity index is 392. The van der Waals surface area contributed by atoms with Crippen LogP contribution in [-0.2, 0) is 10.9 Å². The zero-order chi connectivity index (χ0) is 13.3. The fraction of sp³-hybridized carbons (Fsp3) is 0.538. The van der Waals surface area contributed by atoms with Crippen molar-refractivity contribution in [1.29, 1.82) is 0 Å². The summed E-state index contributed by atoms with van der Waals surface area (Å²) >= 11 is 0. The normalized spacial score (nSPS) is 25.3. The molecule has 2 nitrogen and oxygen atoms in total. The average Bonchev–Trinajstić information content (AvgIpc) is 2.27. The highest BCUT2D eigenvalue weighted by atomic mass is 19.4. The Morgan fingerprint density at radius 2 is 1.56 bits per heavy atom. The van der Waals surface area contributed by atoms with E-state index in [2.05, 4.69) is 4.90 Å². The van der Waals surface area contributed by atoms with Crippen molar-refractivity contribution in [3.8, 4) is 0 Å². The van der Waals surface area contributed by atoms with Crippen molar-refractivity contribution in [2.75, 3.05) is 18.0 Å². The van der Waals surface area contributed by atoms with Crippen LogP contribution in [0, 0.1) is 0 Å². The summed E-state index contributed by atoms with van der Waals surface area (Å²) in [4.78, 5) is 2.05. The maximum Gasteiger partial charge on any atom is 0.416 e. The Balaban J connectivity index is 2.14. The van der Waals surface area contributed by atoms with Gasteiger partial charge in [-0.25, -0.2) is 0 Å². The molecule has 1 aliphatic heterocycles. The van der Waals surface area contributed by atoms with Crippen LogP contribution in [0.2, 0.25) is 0 Å². The quantitative estimate of drug-likeness (QED) is 0.767. The van der Waals surface area contributed by atoms with Crippen molar-refractivity contribution in [3.63, 3.8) is 0 Å². The molecule has 0 amide bonds. The van der Waals surface area contributed by atoms with Crippen LogP contribution in [0.15, 0.2) is 24.3 Å². The molecule has 0 N–H and O–H groups in total. The summed E-state index contributed by atoms with van der Waals surface area (Å²) < 4.78 is 43.0. The molecule has 0 bridgehead atoms. The molecule has 2 unspecified atom stereocenters. The minimum absolute atomic E-state index is 0.0936. The van der Waals surface area contributed by atoms with Crippen LogP contribution in [0.25, 0.3) is 0 Å². The van der Waals surface area contributed by atoms with Crippen LogP contribution in [0.3, 0.4) is 0 Å². The standard InChI is InChI=1S/C13H16F3NO/c1-9-7-17(8-10(2)18-9)12-5-3-11(4-6-12)13(14,15)16/h3-6,9-10H,7-8H2,1-2H3. The fourth-order valence-electron chi connectivity index (χ4n) is 2.25. The van der Waals surface area contributed by atoms with Crippen LogP contribution in [0.5, 0.6) is 0 Å². The van der Waals surface area contributed by atoms with Gasteiger partial charge in [-0.05, 0) is 38.1 Å². The molecule has 100 valence electrons. The van der Waals surface area contributed by atoms with Gasteiger partial charge in [-0.15, -0.1) is 0 Å². The monoisotopic (exact) mass is 259 g/mol. The molecule has 0 aromatic heterocycles. The van der Waals surface area contributed by atoms with Crippen LogP contribution in [-0.4, -0.2) is 25.3 Å². The van der Waals surface area contributed by atoms with Crippen LogP contribution in [0.4, 0.5) is 18.9 Å². The van der Waals surface area contributed by atoms with Crippen molar-refractivity contribution in [3.05, 3.63) is 29.8 Å². The number of ether oxygens (including phenoxy) is 1. The predicted octanol–water partition coefficient (Wildman–Crippen LogP) is 3.32. The van der Waals surface area contributed by atoms with Gasteiger partial charge in [0.05, 0.1) is 17.8 Å². The molecule has 1 saturated heterocycles. The summed E-state index contributed by atoms with van der Waals surface area (Å²) in [6.45, 7) is 5.34. The first-order valence-electron chi connectivity index (χ1n) is 5.94. The van der Waals surface area contributed by atoms with E-state index in [1.54, 1.807) is 0 Å². The van der Waals surface area contributed by atoms with Gasteiger partial charge >= 0.3 is 6.18 Å². The lowest BCUT2D eigenvalue weighted by molar-refractivity contribution is -0.137. The van der Waals surface area contributed by atoms with Gasteiger partial charge < -0.3 is 9.64 Å². The fourth-order valence-corrected chi connectivity index (χ4v) is 2.25. The Morgan fingerprint density at radius 1 is 1.06 bits per heavy atom. The van der Waals surface area contributed by atoms with E-state index in [1.165, 1.54) is 12.1 Å². The minimum Gasteiger partial charge on any atom is -0.372 e. The molecule has 1 fully saturated rings. The molecule has 1 aromatic rings. The molecule has 1 aromatic carbocycles. The Labute approximate surface area is 104 Å². The molecule has 0 saturated carbocycles. The van der Waals surface area contributed by atoms with Gasteiger partial charge in [0.2, 0.25) is 0 Å². The maximum atomic E-state index is 12.5. The number of halogens is 3. The molecule has 1 aliphatic rings. The smallest absolute Gasteiger partial charge is 0.372 e. The van der Waals surface area contributed by atoms with Crippen LogP contribution < -0.4 is 4.90 Å². The summed E-state index contributed by atoms with van der Waals surface area (Å²) in [5, 5.41) is 0. The molecular weight excluding hydrogens is 243 g/mol. The first kappa shape index (κ1) is 13.2. The number of hydrogen-bond acceptors (Lipinski definition) is 2. The van der Waals surface area contributed by atoms with Crippen LogP contribution >= 0.6 is 0 Å². The zero-order valence-corrected chi connectivity index (χ0v) is 10.4. The van der Waals surface area contributed by atoms with Crippen molar-refractivity contribution < 1.29 is 17.9 Å². The van der Waals surface area contributed by atoms with Gasteiger partial charge in [0.1, 0.15) is 0 Å². The van der Waals surface area contributed by atoms with E-state index in [4.69, 9.17) is 4.74 Å². The molecule has 1 heterocycles. The van der Waals surface area contributed by atoms with Crippen LogP contribution in [0.1, 0.15) is 19.4 Å². The summed E-state index contributed by atoms with van der Waals surface area (Å²) in [6, 6.07) is 5.29. The van der Waals surface area contributed by atoms with Crippen molar-refractivity contribution >= 4 is 5.69 Å². The molecular formula is C13H16F3NO. The number of anilines is 1. The van der Waals surface area contributed by atoms with Gasteiger partial charge in [-0.3, -0.25) is 0 Å². The zero-order valence-electron chi connectivity index (χ0n) is 10.4. The number of morpholine rings is 1. The third-order valence-electron chi connectivity index (χ3n) is 2.98. The summed E-state index contributed by atoms with van der Waals surface area (Å²) in [5.74, 6) is 0. The number of nitrogens with zero attached hydrogens (tertiary/aromatic N) is 1. The number of benzene rings is 1. The predicted molar refractivity (Wildman–Crippen MR) is 63.7 cm³/mol. The molecule has 0 spiro atoms. The Morgan fingerprint density at radius 3 is 2.00 bits per heavy atom. The lowest BCUT2D eigenvalue weighted by Crippen LogP contribution is -2.45. The Kier molecular flexibility index (Phi) is 3.52. The van der Waals surface area contributed by atoms with Gasteiger partial charge in [0.25, 0.3) is 0 Å². The molecule has 18 heavy (non-hydrogen) atoms. The molecule has 2 atom stereocenters. The van der Waals surface area contributed by atoms with E-state index < -0.39 is 11.7 Å². The van der Waals surface area contributed by atoms with Gasteiger partial charge in [-0.2, -0.15) is 13.2 Å². The van der Waals surface area contributed by atoms with Crippen molar-refractivity contribution in [2.45, 2.75) is 32.2 Å². The highest BCUT2D eigenvalue weighted by Crippen LogP contribution is 2.31. The lowest BCUT2D eigenvalue weighted by Gasteiger charge is -2.36. The summed E-state index contributed by atoms with van der Waals surface area (Å²) in [6.07, 6.45) is -4.09. The van der Waals surface area contributed by atoms with E-state index in [0.29, 0.717) is 13.1 Å². The average molecular weight is 259 g/mol. The SMILES string of the molecule is CC1CN(c2ccc(C(F)(F)F)cc2)CC(C)O1. The topological polar surface area (TPSA) is 12.5 Å². The van der Waals surface area contributed by atoms with E-state index in [-0.39, 0.29) is 12.2 Å². The lowest BCUT2D eigenvalue weighted by atomic mass is 10.1. The summed E-state index contributed by atoms with van der Waals surface area (Å²) in [7, 11) is 0. The number of alkyl halides is 3. The van der Waals surface area contributed by atoms with E-state index in [1.807, 2.05) is 13.8 Å². The third-order valence-corrected chi connectivity index (χ3v) is 2.98. The highest BCUT2D eigenvalue weighted by Gasteiger charge is 2.30. The molecule has 0 radical (unpaired) electrons.